The van der Waals surface area contributed by atoms with Crippen LogP contribution in [0.25, 0.3) is 11.4 Å². The summed E-state index contributed by atoms with van der Waals surface area (Å²) in [6.45, 7) is 1.26. The first-order valence-corrected chi connectivity index (χ1v) is 5.08. The Balaban J connectivity index is 2.21. The van der Waals surface area contributed by atoms with Crippen LogP contribution in [0.1, 0.15) is 0 Å². The van der Waals surface area contributed by atoms with Gasteiger partial charge < -0.3 is 5.32 Å². The molecule has 0 aliphatic rings. The van der Waals surface area contributed by atoms with Crippen molar-refractivity contribution in [3.05, 3.63) is 29.8 Å². The number of rotatable bonds is 4. The minimum absolute atomic E-state index is 0.278. The lowest BCUT2D eigenvalue weighted by Crippen LogP contribution is -2.16. The normalized spacial score (nSPS) is 10.8. The van der Waals surface area contributed by atoms with E-state index in [-0.39, 0.29) is 5.82 Å². The van der Waals surface area contributed by atoms with Crippen LogP contribution >= 0.6 is 0 Å². The number of halogens is 2. The van der Waals surface area contributed by atoms with Gasteiger partial charge in [-0.25, -0.2) is 8.78 Å². The van der Waals surface area contributed by atoms with Gasteiger partial charge in [-0.2, -0.15) is 4.80 Å². The third-order valence-corrected chi connectivity index (χ3v) is 2.19. The summed E-state index contributed by atoms with van der Waals surface area (Å²) >= 11 is 0. The topological polar surface area (TPSA) is 55.6 Å². The van der Waals surface area contributed by atoms with Crippen molar-refractivity contribution >= 4 is 0 Å². The van der Waals surface area contributed by atoms with Crippen LogP contribution in [0.15, 0.2) is 18.2 Å². The van der Waals surface area contributed by atoms with Crippen LogP contribution in [0, 0.1) is 11.6 Å². The minimum atomic E-state index is -0.922. The first-order valence-electron chi connectivity index (χ1n) is 5.08. The molecule has 1 N–H and O–H groups in total. The van der Waals surface area contributed by atoms with Crippen molar-refractivity contribution in [1.82, 2.24) is 25.5 Å². The second-order valence-corrected chi connectivity index (χ2v) is 3.44. The second kappa shape index (κ2) is 4.96. The molecule has 17 heavy (non-hydrogen) atoms. The van der Waals surface area contributed by atoms with Crippen molar-refractivity contribution < 1.29 is 8.78 Å². The minimum Gasteiger partial charge on any atom is -0.318 e. The third kappa shape index (κ3) is 2.62. The summed E-state index contributed by atoms with van der Waals surface area (Å²) in [6.07, 6.45) is 0. The molecule has 1 heterocycles. The molecule has 7 heteroatoms. The van der Waals surface area contributed by atoms with Crippen molar-refractivity contribution in [3.8, 4) is 11.4 Å². The standard InChI is InChI=1S/C10H11F2N5/c1-13-4-5-17-15-10(14-16-17)7-2-3-8(11)9(12)6-7/h2-3,6,13H,4-5H2,1H3. The van der Waals surface area contributed by atoms with Crippen LogP contribution in [-0.4, -0.2) is 33.8 Å². The molecule has 0 amide bonds. The lowest BCUT2D eigenvalue weighted by molar-refractivity contribution is 0.506. The smallest absolute Gasteiger partial charge is 0.205 e. The zero-order valence-corrected chi connectivity index (χ0v) is 9.19. The molecule has 1 aromatic heterocycles. The van der Waals surface area contributed by atoms with E-state index in [1.165, 1.54) is 10.9 Å². The van der Waals surface area contributed by atoms with Gasteiger partial charge >= 0.3 is 0 Å². The number of tetrazole rings is 1. The zero-order chi connectivity index (χ0) is 12.3. The molecular weight excluding hydrogens is 228 g/mol. The Morgan fingerprint density at radius 2 is 2.12 bits per heavy atom. The van der Waals surface area contributed by atoms with Gasteiger partial charge in [-0.1, -0.05) is 0 Å². The maximum Gasteiger partial charge on any atom is 0.205 e. The molecule has 0 fully saturated rings. The number of nitrogens with zero attached hydrogens (tertiary/aromatic N) is 4. The summed E-state index contributed by atoms with van der Waals surface area (Å²) in [5, 5.41) is 14.6. The van der Waals surface area contributed by atoms with E-state index in [2.05, 4.69) is 20.7 Å². The molecule has 2 aromatic rings. The van der Waals surface area contributed by atoms with E-state index in [1.54, 1.807) is 0 Å². The van der Waals surface area contributed by atoms with Gasteiger partial charge in [-0.05, 0) is 30.5 Å². The molecule has 0 radical (unpaired) electrons. The molecule has 90 valence electrons. The Morgan fingerprint density at radius 3 is 2.82 bits per heavy atom. The van der Waals surface area contributed by atoms with Gasteiger partial charge in [0.2, 0.25) is 5.82 Å². The monoisotopic (exact) mass is 239 g/mol. The average Bonchev–Trinajstić information content (AvgIpc) is 2.79. The average molecular weight is 239 g/mol. The predicted octanol–water partition coefficient (Wildman–Crippen LogP) is 0.838. The molecule has 0 aliphatic carbocycles. The molecule has 0 aliphatic heterocycles. The van der Waals surface area contributed by atoms with Gasteiger partial charge in [0.05, 0.1) is 6.54 Å². The summed E-state index contributed by atoms with van der Waals surface area (Å²) in [5.41, 5.74) is 0.402. The third-order valence-electron chi connectivity index (χ3n) is 2.19. The highest BCUT2D eigenvalue weighted by atomic mass is 19.2. The van der Waals surface area contributed by atoms with Crippen LogP contribution in [0.4, 0.5) is 8.78 Å². The lowest BCUT2D eigenvalue weighted by atomic mass is 10.2. The quantitative estimate of drug-likeness (QED) is 0.859. The van der Waals surface area contributed by atoms with Crippen molar-refractivity contribution in [2.45, 2.75) is 6.54 Å². The first-order chi connectivity index (χ1) is 8.20. The summed E-state index contributed by atoms with van der Waals surface area (Å²) in [4.78, 5) is 1.40. The molecule has 2 rings (SSSR count). The highest BCUT2D eigenvalue weighted by Gasteiger charge is 2.09. The molecule has 1 aromatic carbocycles. The Labute approximate surface area is 96.4 Å². The Bertz CT molecular complexity index is 511. The maximum atomic E-state index is 13.0. The van der Waals surface area contributed by atoms with Gasteiger partial charge in [0.1, 0.15) is 0 Å². The molecule has 0 spiro atoms. The fourth-order valence-corrected chi connectivity index (χ4v) is 1.30. The molecule has 0 bridgehead atoms. The van der Waals surface area contributed by atoms with Gasteiger partial charge in [-0.15, -0.1) is 10.2 Å². The van der Waals surface area contributed by atoms with Crippen LogP contribution in [0.2, 0.25) is 0 Å². The first kappa shape index (κ1) is 11.6. The molecular formula is C10H11F2N5. The van der Waals surface area contributed by atoms with Crippen molar-refractivity contribution in [2.24, 2.45) is 0 Å². The summed E-state index contributed by atoms with van der Waals surface area (Å²) in [5.74, 6) is -1.54. The van der Waals surface area contributed by atoms with Crippen molar-refractivity contribution in [3.63, 3.8) is 0 Å². The van der Waals surface area contributed by atoms with Gasteiger partial charge in [-0.3, -0.25) is 0 Å². The summed E-state index contributed by atoms with van der Waals surface area (Å²) in [7, 11) is 1.81. The van der Waals surface area contributed by atoms with E-state index < -0.39 is 11.6 Å². The number of nitrogens with one attached hydrogen (secondary N) is 1. The molecule has 0 unspecified atom stereocenters. The van der Waals surface area contributed by atoms with E-state index in [0.717, 1.165) is 12.1 Å². The Kier molecular flexibility index (Phi) is 3.38. The van der Waals surface area contributed by atoms with E-state index in [0.29, 0.717) is 18.7 Å². The molecule has 5 nitrogen and oxygen atoms in total. The molecule has 0 atom stereocenters. The van der Waals surface area contributed by atoms with Gasteiger partial charge in [0.25, 0.3) is 0 Å². The van der Waals surface area contributed by atoms with E-state index in [9.17, 15) is 8.78 Å². The Hall–Kier alpha value is -1.89. The highest BCUT2D eigenvalue weighted by Crippen LogP contribution is 2.16. The van der Waals surface area contributed by atoms with Crippen LogP contribution < -0.4 is 5.32 Å². The fraction of sp³-hybridized carbons (Fsp3) is 0.300. The van der Waals surface area contributed by atoms with Gasteiger partial charge in [0, 0.05) is 12.1 Å². The number of hydrogen-bond donors (Lipinski definition) is 1. The van der Waals surface area contributed by atoms with Crippen LogP contribution in [0.3, 0.4) is 0 Å². The zero-order valence-electron chi connectivity index (χ0n) is 9.19. The number of aromatic nitrogens is 4. The van der Waals surface area contributed by atoms with Crippen molar-refractivity contribution in [2.75, 3.05) is 13.6 Å². The lowest BCUT2D eigenvalue weighted by Gasteiger charge is -1.97. The number of benzene rings is 1. The number of hydrogen-bond acceptors (Lipinski definition) is 4. The van der Waals surface area contributed by atoms with Crippen LogP contribution in [-0.2, 0) is 6.54 Å². The van der Waals surface area contributed by atoms with Crippen LogP contribution in [0.5, 0.6) is 0 Å². The van der Waals surface area contributed by atoms with E-state index in [4.69, 9.17) is 0 Å². The largest absolute Gasteiger partial charge is 0.318 e. The molecule has 0 saturated carbocycles. The van der Waals surface area contributed by atoms with Gasteiger partial charge in [0.15, 0.2) is 11.6 Å². The Morgan fingerprint density at radius 1 is 1.29 bits per heavy atom. The number of likely N-dealkylation sites (N-methyl/N-ethyl adjacent to an activating group) is 1. The highest BCUT2D eigenvalue weighted by molar-refractivity contribution is 5.53. The SMILES string of the molecule is CNCCn1nnc(-c2ccc(F)c(F)c2)n1. The fourth-order valence-electron chi connectivity index (χ4n) is 1.30. The maximum absolute atomic E-state index is 13.0. The molecule has 0 saturated heterocycles. The van der Waals surface area contributed by atoms with Crippen molar-refractivity contribution in [1.29, 1.82) is 0 Å². The van der Waals surface area contributed by atoms with E-state index >= 15 is 0 Å². The summed E-state index contributed by atoms with van der Waals surface area (Å²) < 4.78 is 25.7. The van der Waals surface area contributed by atoms with E-state index in [1.807, 2.05) is 7.05 Å². The predicted molar refractivity (Wildman–Crippen MR) is 57.1 cm³/mol. The summed E-state index contributed by atoms with van der Waals surface area (Å²) in [6, 6.07) is 3.51. The second-order valence-electron chi connectivity index (χ2n) is 3.44.